The van der Waals surface area contributed by atoms with Gasteiger partial charge in [0.1, 0.15) is 0 Å². The summed E-state index contributed by atoms with van der Waals surface area (Å²) in [5.41, 5.74) is 0. The fraction of sp³-hybridized carbons (Fsp3) is 1.00. The summed E-state index contributed by atoms with van der Waals surface area (Å²) >= 11 is 0. The van der Waals surface area contributed by atoms with Crippen LogP contribution in [0, 0.1) is 0 Å². The Hall–Kier alpha value is -0.120. The van der Waals surface area contributed by atoms with Crippen LogP contribution < -0.4 is 5.32 Å². The van der Waals surface area contributed by atoms with Gasteiger partial charge < -0.3 is 15.0 Å². The first-order valence-corrected chi connectivity index (χ1v) is 5.11. The van der Waals surface area contributed by atoms with Crippen LogP contribution in [0.25, 0.3) is 0 Å². The van der Waals surface area contributed by atoms with Gasteiger partial charge in [0.25, 0.3) is 0 Å². The van der Waals surface area contributed by atoms with Crippen LogP contribution in [-0.2, 0) is 4.74 Å². The van der Waals surface area contributed by atoms with E-state index >= 15 is 0 Å². The molecule has 0 bridgehead atoms. The predicted molar refractivity (Wildman–Crippen MR) is 57.2 cm³/mol. The quantitative estimate of drug-likeness (QED) is 0.545. The van der Waals surface area contributed by atoms with E-state index in [-0.39, 0.29) is 0 Å². The highest BCUT2D eigenvalue weighted by molar-refractivity contribution is 4.51. The Kier molecular flexibility index (Phi) is 9.87. The minimum absolute atomic E-state index is 0.900. The summed E-state index contributed by atoms with van der Waals surface area (Å²) in [7, 11) is 5.95. The molecule has 0 heterocycles. The van der Waals surface area contributed by atoms with E-state index in [4.69, 9.17) is 4.74 Å². The molecule has 0 aliphatic rings. The monoisotopic (exact) mass is 188 g/mol. The molecule has 0 amide bonds. The van der Waals surface area contributed by atoms with Gasteiger partial charge in [-0.3, -0.25) is 0 Å². The maximum absolute atomic E-state index is 4.97. The third-order valence-corrected chi connectivity index (χ3v) is 1.94. The zero-order valence-corrected chi connectivity index (χ0v) is 9.31. The molecule has 0 aliphatic heterocycles. The molecule has 0 aromatic rings. The summed E-state index contributed by atoms with van der Waals surface area (Å²) < 4.78 is 4.97. The highest BCUT2D eigenvalue weighted by atomic mass is 16.5. The number of hydrogen-bond donors (Lipinski definition) is 1. The molecule has 3 heteroatoms. The lowest BCUT2D eigenvalue weighted by molar-refractivity contribution is 0.192. The largest absolute Gasteiger partial charge is 0.385 e. The van der Waals surface area contributed by atoms with E-state index in [1.165, 1.54) is 19.3 Å². The van der Waals surface area contributed by atoms with Gasteiger partial charge in [-0.2, -0.15) is 0 Å². The topological polar surface area (TPSA) is 24.5 Å². The minimum Gasteiger partial charge on any atom is -0.385 e. The fourth-order valence-electron chi connectivity index (χ4n) is 1.10. The van der Waals surface area contributed by atoms with Gasteiger partial charge in [0.15, 0.2) is 0 Å². The van der Waals surface area contributed by atoms with Crippen molar-refractivity contribution >= 4 is 0 Å². The summed E-state index contributed by atoms with van der Waals surface area (Å²) in [6.45, 7) is 4.25. The van der Waals surface area contributed by atoms with Gasteiger partial charge in [-0.1, -0.05) is 0 Å². The average Bonchev–Trinajstić information content (AvgIpc) is 2.09. The average molecular weight is 188 g/mol. The van der Waals surface area contributed by atoms with Crippen molar-refractivity contribution in [3.8, 4) is 0 Å². The van der Waals surface area contributed by atoms with Crippen LogP contribution in [0.4, 0.5) is 0 Å². The number of nitrogens with zero attached hydrogens (tertiary/aromatic N) is 1. The highest BCUT2D eigenvalue weighted by Gasteiger charge is 1.90. The first-order chi connectivity index (χ1) is 6.27. The van der Waals surface area contributed by atoms with Gasteiger partial charge in [-0.15, -0.1) is 0 Å². The van der Waals surface area contributed by atoms with Crippen molar-refractivity contribution in [1.29, 1.82) is 0 Å². The first-order valence-electron chi connectivity index (χ1n) is 5.11. The Bertz CT molecular complexity index is 96.9. The molecule has 0 spiro atoms. The van der Waals surface area contributed by atoms with Crippen molar-refractivity contribution < 1.29 is 4.74 Å². The molecule has 0 fully saturated rings. The molecular formula is C10H24N2O. The molecule has 0 unspecified atom stereocenters. The molecule has 0 atom stereocenters. The van der Waals surface area contributed by atoms with Crippen LogP contribution in [0.15, 0.2) is 0 Å². The minimum atomic E-state index is 0.900. The van der Waals surface area contributed by atoms with Gasteiger partial charge in [0, 0.05) is 26.8 Å². The van der Waals surface area contributed by atoms with Gasteiger partial charge in [0.2, 0.25) is 0 Å². The lowest BCUT2D eigenvalue weighted by atomic mass is 10.2. The lowest BCUT2D eigenvalue weighted by Gasteiger charge is -2.09. The van der Waals surface area contributed by atoms with E-state index in [0.29, 0.717) is 0 Å². The highest BCUT2D eigenvalue weighted by Crippen LogP contribution is 1.93. The van der Waals surface area contributed by atoms with E-state index in [9.17, 15) is 0 Å². The second-order valence-corrected chi connectivity index (χ2v) is 3.61. The number of unbranched alkanes of at least 4 members (excludes halogenated alkanes) is 2. The third-order valence-electron chi connectivity index (χ3n) is 1.94. The van der Waals surface area contributed by atoms with E-state index < -0.39 is 0 Å². The number of nitrogens with one attached hydrogen (secondary N) is 1. The van der Waals surface area contributed by atoms with Crippen molar-refractivity contribution in [2.75, 3.05) is 47.4 Å². The van der Waals surface area contributed by atoms with Crippen molar-refractivity contribution in [2.45, 2.75) is 19.3 Å². The molecule has 0 rings (SSSR count). The van der Waals surface area contributed by atoms with Crippen molar-refractivity contribution in [1.82, 2.24) is 10.2 Å². The number of hydrogen-bond acceptors (Lipinski definition) is 3. The molecule has 0 aromatic heterocycles. The molecule has 0 radical (unpaired) electrons. The zero-order valence-electron chi connectivity index (χ0n) is 9.31. The van der Waals surface area contributed by atoms with Crippen LogP contribution in [0.2, 0.25) is 0 Å². The van der Waals surface area contributed by atoms with Crippen LogP contribution in [-0.4, -0.2) is 52.3 Å². The molecule has 3 nitrogen and oxygen atoms in total. The summed E-state index contributed by atoms with van der Waals surface area (Å²) in [5, 5.41) is 3.41. The van der Waals surface area contributed by atoms with Crippen LogP contribution >= 0.6 is 0 Å². The van der Waals surface area contributed by atoms with E-state index in [0.717, 1.165) is 26.2 Å². The van der Waals surface area contributed by atoms with Crippen molar-refractivity contribution in [3.05, 3.63) is 0 Å². The maximum Gasteiger partial charge on any atom is 0.0462 e. The fourth-order valence-corrected chi connectivity index (χ4v) is 1.10. The molecular weight excluding hydrogens is 164 g/mol. The zero-order chi connectivity index (χ0) is 9.94. The van der Waals surface area contributed by atoms with Gasteiger partial charge in [-0.05, 0) is 39.9 Å². The van der Waals surface area contributed by atoms with Crippen molar-refractivity contribution in [2.24, 2.45) is 0 Å². The lowest BCUT2D eigenvalue weighted by Crippen LogP contribution is -2.27. The van der Waals surface area contributed by atoms with Crippen molar-refractivity contribution in [3.63, 3.8) is 0 Å². The molecule has 80 valence electrons. The summed E-state index contributed by atoms with van der Waals surface area (Å²) in [6, 6.07) is 0. The number of methoxy groups -OCH3 is 1. The molecule has 0 saturated heterocycles. The Morgan fingerprint density at radius 2 is 1.85 bits per heavy atom. The number of likely N-dealkylation sites (N-methyl/N-ethyl adjacent to an activating group) is 1. The molecule has 0 aromatic carbocycles. The third kappa shape index (κ3) is 11.9. The van der Waals surface area contributed by atoms with Crippen LogP contribution in [0.1, 0.15) is 19.3 Å². The van der Waals surface area contributed by atoms with Crippen LogP contribution in [0.3, 0.4) is 0 Å². The number of rotatable bonds is 9. The van der Waals surface area contributed by atoms with Gasteiger partial charge in [-0.25, -0.2) is 0 Å². The Labute approximate surface area is 82.4 Å². The molecule has 1 N–H and O–H groups in total. The Morgan fingerprint density at radius 3 is 2.46 bits per heavy atom. The van der Waals surface area contributed by atoms with E-state index in [2.05, 4.69) is 24.3 Å². The number of ether oxygens (including phenoxy) is 1. The summed E-state index contributed by atoms with van der Waals surface area (Å²) in [5.74, 6) is 0. The van der Waals surface area contributed by atoms with Crippen LogP contribution in [0.5, 0.6) is 0 Å². The molecule has 0 aliphatic carbocycles. The summed E-state index contributed by atoms with van der Waals surface area (Å²) in [4.78, 5) is 2.19. The molecule has 13 heavy (non-hydrogen) atoms. The predicted octanol–water partition coefficient (Wildman–Crippen LogP) is 0.954. The second kappa shape index (κ2) is 9.96. The Morgan fingerprint density at radius 1 is 1.08 bits per heavy atom. The van der Waals surface area contributed by atoms with E-state index in [1.807, 2.05) is 0 Å². The van der Waals surface area contributed by atoms with Gasteiger partial charge in [0.05, 0.1) is 0 Å². The Balaban J connectivity index is 2.84. The normalized spacial score (nSPS) is 11.1. The second-order valence-electron chi connectivity index (χ2n) is 3.61. The molecule has 0 saturated carbocycles. The maximum atomic E-state index is 4.97. The summed E-state index contributed by atoms with van der Waals surface area (Å²) in [6.07, 6.45) is 3.71. The first kappa shape index (κ1) is 12.9. The standard InChI is InChI=1S/C10H24N2O/c1-12(2)9-8-11-7-5-4-6-10-13-3/h11H,4-10H2,1-3H3. The van der Waals surface area contributed by atoms with Gasteiger partial charge >= 0.3 is 0 Å². The van der Waals surface area contributed by atoms with E-state index in [1.54, 1.807) is 7.11 Å². The SMILES string of the molecule is COCCCCCNCCN(C)C. The smallest absolute Gasteiger partial charge is 0.0462 e.